The van der Waals surface area contributed by atoms with Gasteiger partial charge in [0.25, 0.3) is 0 Å². The summed E-state index contributed by atoms with van der Waals surface area (Å²) >= 11 is 6.12. The molecule has 2 heterocycles. The van der Waals surface area contributed by atoms with Gasteiger partial charge in [0.05, 0.1) is 5.92 Å². The van der Waals surface area contributed by atoms with Crippen molar-refractivity contribution >= 4 is 34.3 Å². The number of hydrogen-bond donors (Lipinski definition) is 2. The molecule has 0 unspecified atom stereocenters. The van der Waals surface area contributed by atoms with Crippen LogP contribution in [0.25, 0.3) is 10.9 Å². The van der Waals surface area contributed by atoms with Crippen LogP contribution in [0.4, 0.5) is 0 Å². The van der Waals surface area contributed by atoms with Gasteiger partial charge in [0.1, 0.15) is 0 Å². The Bertz CT molecular complexity index is 855. The SMILES string of the molecule is O=C(NC1CCCCCC1)[C@H]1CC(=O)N(CCc2c[nH]c3ccc(Cl)cc23)C1. The Morgan fingerprint density at radius 3 is 2.79 bits per heavy atom. The fraction of sp³-hybridized carbons (Fsp3) is 0.545. The second-order valence-electron chi connectivity index (χ2n) is 8.19. The van der Waals surface area contributed by atoms with Gasteiger partial charge in [-0.2, -0.15) is 0 Å². The maximum absolute atomic E-state index is 12.7. The third-order valence-corrected chi connectivity index (χ3v) is 6.40. The number of fused-ring (bicyclic) bond motifs is 1. The average molecular weight is 402 g/mol. The number of aromatic amines is 1. The molecular weight excluding hydrogens is 374 g/mol. The van der Waals surface area contributed by atoms with E-state index in [-0.39, 0.29) is 23.8 Å². The third-order valence-electron chi connectivity index (χ3n) is 6.17. The van der Waals surface area contributed by atoms with Crippen LogP contribution in [0.5, 0.6) is 0 Å². The molecule has 6 heteroatoms. The summed E-state index contributed by atoms with van der Waals surface area (Å²) in [7, 11) is 0. The van der Waals surface area contributed by atoms with E-state index in [2.05, 4.69) is 10.3 Å². The first-order valence-electron chi connectivity index (χ1n) is 10.4. The lowest BCUT2D eigenvalue weighted by molar-refractivity contribution is -0.129. The molecule has 1 atom stereocenters. The second kappa shape index (κ2) is 8.56. The highest BCUT2D eigenvalue weighted by atomic mass is 35.5. The van der Waals surface area contributed by atoms with E-state index in [0.717, 1.165) is 35.7 Å². The highest BCUT2D eigenvalue weighted by Gasteiger charge is 2.34. The quantitative estimate of drug-likeness (QED) is 0.742. The molecule has 150 valence electrons. The number of hydrogen-bond acceptors (Lipinski definition) is 2. The van der Waals surface area contributed by atoms with E-state index in [1.54, 1.807) is 0 Å². The fourth-order valence-electron chi connectivity index (χ4n) is 4.52. The number of nitrogens with zero attached hydrogens (tertiary/aromatic N) is 1. The molecule has 2 N–H and O–H groups in total. The van der Waals surface area contributed by atoms with Crippen LogP contribution < -0.4 is 5.32 Å². The Hall–Kier alpha value is -2.01. The first-order chi connectivity index (χ1) is 13.6. The van der Waals surface area contributed by atoms with Crippen molar-refractivity contribution in [3.8, 4) is 0 Å². The number of likely N-dealkylation sites (tertiary alicyclic amines) is 1. The van der Waals surface area contributed by atoms with Crippen LogP contribution in [0.1, 0.15) is 50.5 Å². The zero-order chi connectivity index (χ0) is 19.5. The molecule has 1 aliphatic heterocycles. The zero-order valence-electron chi connectivity index (χ0n) is 16.2. The van der Waals surface area contributed by atoms with Crippen molar-refractivity contribution in [3.63, 3.8) is 0 Å². The largest absolute Gasteiger partial charge is 0.361 e. The molecule has 1 saturated heterocycles. The van der Waals surface area contributed by atoms with Gasteiger partial charge in [-0.15, -0.1) is 0 Å². The van der Waals surface area contributed by atoms with Gasteiger partial charge in [-0.25, -0.2) is 0 Å². The summed E-state index contributed by atoms with van der Waals surface area (Å²) < 4.78 is 0. The summed E-state index contributed by atoms with van der Waals surface area (Å²) in [6, 6.07) is 6.08. The van der Waals surface area contributed by atoms with E-state index >= 15 is 0 Å². The van der Waals surface area contributed by atoms with Crippen LogP contribution in [0.2, 0.25) is 5.02 Å². The van der Waals surface area contributed by atoms with Crippen molar-refractivity contribution in [2.24, 2.45) is 5.92 Å². The molecular formula is C22H28ClN3O2. The topological polar surface area (TPSA) is 65.2 Å². The number of halogens is 1. The van der Waals surface area contributed by atoms with Gasteiger partial charge in [-0.05, 0) is 43.0 Å². The van der Waals surface area contributed by atoms with Crippen LogP contribution in [0.15, 0.2) is 24.4 Å². The number of aromatic nitrogens is 1. The van der Waals surface area contributed by atoms with Gasteiger partial charge in [0.15, 0.2) is 0 Å². The Kier molecular flexibility index (Phi) is 5.90. The zero-order valence-corrected chi connectivity index (χ0v) is 16.9. The van der Waals surface area contributed by atoms with Crippen molar-refractivity contribution in [2.45, 2.75) is 57.4 Å². The van der Waals surface area contributed by atoms with Crippen LogP contribution in [0, 0.1) is 5.92 Å². The molecule has 5 nitrogen and oxygen atoms in total. The average Bonchev–Trinajstić information content (AvgIpc) is 3.14. The number of carbonyl (C=O) groups is 2. The highest BCUT2D eigenvalue weighted by molar-refractivity contribution is 6.31. The van der Waals surface area contributed by atoms with Crippen molar-refractivity contribution < 1.29 is 9.59 Å². The molecule has 4 rings (SSSR count). The number of benzene rings is 1. The van der Waals surface area contributed by atoms with Gasteiger partial charge >= 0.3 is 0 Å². The molecule has 2 fully saturated rings. The predicted molar refractivity (Wildman–Crippen MR) is 111 cm³/mol. The second-order valence-corrected chi connectivity index (χ2v) is 8.63. The van der Waals surface area contributed by atoms with Crippen LogP contribution >= 0.6 is 11.6 Å². The van der Waals surface area contributed by atoms with E-state index in [1.807, 2.05) is 29.3 Å². The lowest BCUT2D eigenvalue weighted by Gasteiger charge is -2.20. The van der Waals surface area contributed by atoms with Crippen molar-refractivity contribution in [1.29, 1.82) is 0 Å². The minimum absolute atomic E-state index is 0.0571. The van der Waals surface area contributed by atoms with Gasteiger partial charge < -0.3 is 15.2 Å². The van der Waals surface area contributed by atoms with E-state index in [1.165, 1.54) is 25.7 Å². The normalized spacial score (nSPS) is 21.2. The molecule has 2 amide bonds. The van der Waals surface area contributed by atoms with E-state index in [4.69, 9.17) is 11.6 Å². The van der Waals surface area contributed by atoms with Gasteiger partial charge in [-0.1, -0.05) is 37.3 Å². The number of H-pyrrole nitrogens is 1. The third kappa shape index (κ3) is 4.35. The van der Waals surface area contributed by atoms with Gasteiger partial charge in [0.2, 0.25) is 11.8 Å². The summed E-state index contributed by atoms with van der Waals surface area (Å²) in [5.74, 6) is -0.0753. The molecule has 2 aromatic rings. The highest BCUT2D eigenvalue weighted by Crippen LogP contribution is 2.25. The standard InChI is InChI=1S/C22H28ClN3O2/c23-17-7-8-20-19(12-17)15(13-24-20)9-10-26-14-16(11-21(26)27)22(28)25-18-5-3-1-2-4-6-18/h7-8,12-13,16,18,24H,1-6,9-11,14H2,(H,25,28)/t16-/m0/s1. The van der Waals surface area contributed by atoms with Gasteiger partial charge in [0, 0.05) is 47.7 Å². The monoisotopic (exact) mass is 401 g/mol. The smallest absolute Gasteiger partial charge is 0.225 e. The van der Waals surface area contributed by atoms with Crippen molar-refractivity contribution in [1.82, 2.24) is 15.2 Å². The number of nitrogens with one attached hydrogen (secondary N) is 2. The Morgan fingerprint density at radius 1 is 1.21 bits per heavy atom. The maximum Gasteiger partial charge on any atom is 0.225 e. The van der Waals surface area contributed by atoms with Crippen LogP contribution in [0.3, 0.4) is 0 Å². The molecule has 1 aromatic heterocycles. The van der Waals surface area contributed by atoms with E-state index in [0.29, 0.717) is 24.5 Å². The number of amides is 2. The summed E-state index contributed by atoms with van der Waals surface area (Å²) in [6.07, 6.45) is 10.1. The fourth-order valence-corrected chi connectivity index (χ4v) is 4.69. The Labute approximate surface area is 170 Å². The maximum atomic E-state index is 12.7. The Balaban J connectivity index is 1.32. The molecule has 0 radical (unpaired) electrons. The molecule has 2 aliphatic rings. The summed E-state index contributed by atoms with van der Waals surface area (Å²) in [5, 5.41) is 5.01. The first-order valence-corrected chi connectivity index (χ1v) is 10.8. The summed E-state index contributed by atoms with van der Waals surface area (Å²) in [5.41, 5.74) is 2.20. The molecule has 0 bridgehead atoms. The Morgan fingerprint density at radius 2 is 2.00 bits per heavy atom. The lowest BCUT2D eigenvalue weighted by Crippen LogP contribution is -2.39. The lowest BCUT2D eigenvalue weighted by atomic mass is 10.0. The van der Waals surface area contributed by atoms with Crippen molar-refractivity contribution in [2.75, 3.05) is 13.1 Å². The molecule has 1 aromatic carbocycles. The predicted octanol–water partition coefficient (Wildman–Crippen LogP) is 4.05. The molecule has 28 heavy (non-hydrogen) atoms. The van der Waals surface area contributed by atoms with E-state index in [9.17, 15) is 9.59 Å². The minimum Gasteiger partial charge on any atom is -0.361 e. The number of carbonyl (C=O) groups excluding carboxylic acids is 2. The minimum atomic E-state index is -0.215. The van der Waals surface area contributed by atoms with E-state index < -0.39 is 0 Å². The van der Waals surface area contributed by atoms with Crippen molar-refractivity contribution in [3.05, 3.63) is 35.0 Å². The molecule has 0 spiro atoms. The number of rotatable bonds is 5. The summed E-state index contributed by atoms with van der Waals surface area (Å²) in [4.78, 5) is 30.2. The summed E-state index contributed by atoms with van der Waals surface area (Å²) in [6.45, 7) is 1.16. The molecule has 1 aliphatic carbocycles. The molecule has 1 saturated carbocycles. The van der Waals surface area contributed by atoms with Crippen LogP contribution in [-0.2, 0) is 16.0 Å². The van der Waals surface area contributed by atoms with Gasteiger partial charge in [-0.3, -0.25) is 9.59 Å². The van der Waals surface area contributed by atoms with Crippen LogP contribution in [-0.4, -0.2) is 40.8 Å². The first kappa shape index (κ1) is 19.3.